The lowest BCUT2D eigenvalue weighted by atomic mass is 9.94. The van der Waals surface area contributed by atoms with Gasteiger partial charge >= 0.3 is 0 Å². The first-order chi connectivity index (χ1) is 9.12. The fourth-order valence-electron chi connectivity index (χ4n) is 2.25. The number of benzene rings is 1. The number of aryl methyl sites for hydroxylation is 1. The minimum Gasteiger partial charge on any atom is -0.360 e. The highest BCUT2D eigenvalue weighted by Gasteiger charge is 2.52. The summed E-state index contributed by atoms with van der Waals surface area (Å²) in [5, 5.41) is 6.39. The lowest BCUT2D eigenvalue weighted by Crippen LogP contribution is -2.28. The van der Waals surface area contributed by atoms with Crippen molar-refractivity contribution in [1.82, 2.24) is 5.16 Å². The third kappa shape index (κ3) is 2.01. The molecule has 1 heterocycles. The Morgan fingerprint density at radius 3 is 2.74 bits per heavy atom. The van der Waals surface area contributed by atoms with Gasteiger partial charge in [-0.15, -0.1) is 0 Å². The average Bonchev–Trinajstić information content (AvgIpc) is 3.09. The van der Waals surface area contributed by atoms with E-state index in [1.807, 2.05) is 0 Å². The van der Waals surface area contributed by atoms with Gasteiger partial charge in [-0.25, -0.2) is 4.39 Å². The number of nitrogens with one attached hydrogen (secondary N) is 1. The average molecular weight is 260 g/mol. The molecule has 4 nitrogen and oxygen atoms in total. The zero-order chi connectivity index (χ0) is 13.5. The van der Waals surface area contributed by atoms with Crippen molar-refractivity contribution in [3.8, 4) is 0 Å². The highest BCUT2D eigenvalue weighted by Crippen LogP contribution is 2.49. The van der Waals surface area contributed by atoms with E-state index in [9.17, 15) is 9.18 Å². The van der Waals surface area contributed by atoms with E-state index in [1.54, 1.807) is 31.2 Å². The minimum absolute atomic E-state index is 0.231. The van der Waals surface area contributed by atoms with Gasteiger partial charge in [0.25, 0.3) is 0 Å². The molecular weight excluding hydrogens is 247 g/mol. The molecule has 5 heteroatoms. The van der Waals surface area contributed by atoms with Crippen LogP contribution in [0.3, 0.4) is 0 Å². The van der Waals surface area contributed by atoms with Gasteiger partial charge in [0.15, 0.2) is 5.82 Å². The topological polar surface area (TPSA) is 55.1 Å². The molecule has 1 amide bonds. The van der Waals surface area contributed by atoms with E-state index in [2.05, 4.69) is 10.5 Å². The first-order valence-electron chi connectivity index (χ1n) is 6.12. The Kier molecular flexibility index (Phi) is 2.62. The standard InChI is InChI=1S/C14H13FN2O2/c1-9-8-12(17-19-9)16-13(18)14(6-7-14)10-4-2-3-5-11(10)15/h2-5,8H,6-7H2,1H3,(H,16,17,18). The van der Waals surface area contributed by atoms with Crippen LogP contribution in [0.4, 0.5) is 10.2 Å². The van der Waals surface area contributed by atoms with Gasteiger partial charge in [0.1, 0.15) is 11.6 Å². The van der Waals surface area contributed by atoms with Gasteiger partial charge < -0.3 is 9.84 Å². The second-order valence-corrected chi connectivity index (χ2v) is 4.84. The molecule has 98 valence electrons. The molecule has 1 saturated carbocycles. The van der Waals surface area contributed by atoms with E-state index in [1.165, 1.54) is 6.07 Å². The van der Waals surface area contributed by atoms with Crippen molar-refractivity contribution in [3.05, 3.63) is 47.5 Å². The maximum Gasteiger partial charge on any atom is 0.236 e. The predicted molar refractivity (Wildman–Crippen MR) is 67.2 cm³/mol. The van der Waals surface area contributed by atoms with Crippen LogP contribution >= 0.6 is 0 Å². The number of aromatic nitrogens is 1. The molecule has 0 radical (unpaired) electrons. The molecule has 0 unspecified atom stereocenters. The first-order valence-corrected chi connectivity index (χ1v) is 6.12. The third-order valence-corrected chi connectivity index (χ3v) is 3.44. The van der Waals surface area contributed by atoms with Gasteiger partial charge in [0.05, 0.1) is 5.41 Å². The summed E-state index contributed by atoms with van der Waals surface area (Å²) in [7, 11) is 0. The van der Waals surface area contributed by atoms with Crippen LogP contribution in [-0.2, 0) is 10.2 Å². The second-order valence-electron chi connectivity index (χ2n) is 4.84. The summed E-state index contributed by atoms with van der Waals surface area (Å²) < 4.78 is 18.7. The lowest BCUT2D eigenvalue weighted by molar-refractivity contribution is -0.118. The predicted octanol–water partition coefficient (Wildman–Crippen LogP) is 2.79. The van der Waals surface area contributed by atoms with E-state index in [4.69, 9.17) is 4.52 Å². The Labute approximate surface area is 109 Å². The summed E-state index contributed by atoms with van der Waals surface area (Å²) in [5.41, 5.74) is -0.300. The summed E-state index contributed by atoms with van der Waals surface area (Å²) >= 11 is 0. The molecule has 1 aliphatic rings. The van der Waals surface area contributed by atoms with Crippen molar-refractivity contribution in [3.63, 3.8) is 0 Å². The largest absolute Gasteiger partial charge is 0.360 e. The van der Waals surface area contributed by atoms with Crippen molar-refractivity contribution >= 4 is 11.7 Å². The number of carbonyl (C=O) groups excluding carboxylic acids is 1. The van der Waals surface area contributed by atoms with Crippen LogP contribution in [0.15, 0.2) is 34.9 Å². The maximum absolute atomic E-state index is 13.8. The molecule has 0 spiro atoms. The van der Waals surface area contributed by atoms with Gasteiger partial charge in [0.2, 0.25) is 5.91 Å². The zero-order valence-electron chi connectivity index (χ0n) is 10.4. The lowest BCUT2D eigenvalue weighted by Gasteiger charge is -2.15. The molecule has 1 aromatic carbocycles. The Balaban J connectivity index is 1.85. The van der Waals surface area contributed by atoms with Crippen LogP contribution in [0.5, 0.6) is 0 Å². The molecule has 3 rings (SSSR count). The van der Waals surface area contributed by atoms with Crippen molar-refractivity contribution in [2.45, 2.75) is 25.2 Å². The smallest absolute Gasteiger partial charge is 0.236 e. The molecule has 0 saturated heterocycles. The molecule has 0 atom stereocenters. The molecule has 0 bridgehead atoms. The van der Waals surface area contributed by atoms with E-state index < -0.39 is 5.41 Å². The van der Waals surface area contributed by atoms with Crippen LogP contribution in [-0.4, -0.2) is 11.1 Å². The Morgan fingerprint density at radius 2 is 2.16 bits per heavy atom. The minimum atomic E-state index is -0.752. The number of halogens is 1. The zero-order valence-corrected chi connectivity index (χ0v) is 10.4. The normalized spacial score (nSPS) is 16.1. The highest BCUT2D eigenvalue weighted by molar-refractivity contribution is 6.00. The van der Waals surface area contributed by atoms with Crippen LogP contribution < -0.4 is 5.32 Å². The molecule has 2 aromatic rings. The molecular formula is C14H13FN2O2. The van der Waals surface area contributed by atoms with Gasteiger partial charge in [-0.3, -0.25) is 4.79 Å². The van der Waals surface area contributed by atoms with Crippen molar-refractivity contribution in [2.24, 2.45) is 0 Å². The van der Waals surface area contributed by atoms with Crippen LogP contribution in [0.25, 0.3) is 0 Å². The Morgan fingerprint density at radius 1 is 1.42 bits per heavy atom. The fraction of sp³-hybridized carbons (Fsp3) is 0.286. The molecule has 0 aliphatic heterocycles. The van der Waals surface area contributed by atoms with Gasteiger partial charge in [-0.2, -0.15) is 0 Å². The number of anilines is 1. The third-order valence-electron chi connectivity index (χ3n) is 3.44. The van der Waals surface area contributed by atoms with Crippen LogP contribution in [0.2, 0.25) is 0 Å². The summed E-state index contributed by atoms with van der Waals surface area (Å²) in [6.07, 6.45) is 1.30. The van der Waals surface area contributed by atoms with Crippen LogP contribution in [0.1, 0.15) is 24.2 Å². The molecule has 19 heavy (non-hydrogen) atoms. The first kappa shape index (κ1) is 11.9. The SMILES string of the molecule is Cc1cc(NC(=O)C2(c3ccccc3F)CC2)no1. The monoisotopic (exact) mass is 260 g/mol. The second kappa shape index (κ2) is 4.19. The number of hydrogen-bond donors (Lipinski definition) is 1. The summed E-state index contributed by atoms with van der Waals surface area (Å²) in [5.74, 6) is 0.411. The van der Waals surface area contributed by atoms with Gasteiger partial charge in [0, 0.05) is 11.6 Å². The Hall–Kier alpha value is -2.17. The molecule has 1 fully saturated rings. The number of nitrogens with zero attached hydrogens (tertiary/aromatic N) is 1. The summed E-state index contributed by atoms with van der Waals surface area (Å²) in [6, 6.07) is 8.04. The van der Waals surface area contributed by atoms with Crippen molar-refractivity contribution < 1.29 is 13.7 Å². The fourth-order valence-corrected chi connectivity index (χ4v) is 2.25. The number of hydrogen-bond acceptors (Lipinski definition) is 3. The van der Waals surface area contributed by atoms with E-state index >= 15 is 0 Å². The number of carbonyl (C=O) groups is 1. The summed E-state index contributed by atoms with van der Waals surface area (Å²) in [6.45, 7) is 1.74. The number of amides is 1. The van der Waals surface area contributed by atoms with Crippen molar-refractivity contribution in [1.29, 1.82) is 0 Å². The summed E-state index contributed by atoms with van der Waals surface area (Å²) in [4.78, 5) is 12.3. The van der Waals surface area contributed by atoms with E-state index in [0.29, 0.717) is 30.0 Å². The maximum atomic E-state index is 13.8. The number of rotatable bonds is 3. The van der Waals surface area contributed by atoms with Crippen LogP contribution in [0, 0.1) is 12.7 Å². The van der Waals surface area contributed by atoms with Gasteiger partial charge in [-0.1, -0.05) is 23.4 Å². The highest BCUT2D eigenvalue weighted by atomic mass is 19.1. The van der Waals surface area contributed by atoms with Crippen molar-refractivity contribution in [2.75, 3.05) is 5.32 Å². The van der Waals surface area contributed by atoms with E-state index in [0.717, 1.165) is 0 Å². The molecule has 1 N–H and O–H groups in total. The Bertz CT molecular complexity index is 632. The van der Waals surface area contributed by atoms with E-state index in [-0.39, 0.29) is 11.7 Å². The molecule has 1 aliphatic carbocycles. The molecule has 1 aromatic heterocycles. The van der Waals surface area contributed by atoms with Gasteiger partial charge in [-0.05, 0) is 25.8 Å². The quantitative estimate of drug-likeness (QED) is 0.923.